The third-order valence-electron chi connectivity index (χ3n) is 3.07. The Kier molecular flexibility index (Phi) is 4.35. The monoisotopic (exact) mass is 274 g/mol. The van der Waals surface area contributed by atoms with Crippen molar-refractivity contribution in [2.45, 2.75) is 13.5 Å². The van der Waals surface area contributed by atoms with Crippen LogP contribution < -0.4 is 0 Å². The van der Waals surface area contributed by atoms with Gasteiger partial charge in [-0.15, -0.1) is 0 Å². The lowest BCUT2D eigenvalue weighted by molar-refractivity contribution is 0.108. The van der Waals surface area contributed by atoms with Gasteiger partial charge in [-0.3, -0.25) is 4.79 Å². The molecule has 0 aliphatic heterocycles. The van der Waals surface area contributed by atoms with Crippen molar-refractivity contribution in [3.8, 4) is 11.1 Å². The molecule has 0 atom stereocenters. The molecule has 0 N–H and O–H groups in total. The lowest BCUT2D eigenvalue weighted by Gasteiger charge is -2.12. The third-order valence-corrected chi connectivity index (χ3v) is 3.29. The van der Waals surface area contributed by atoms with Crippen molar-refractivity contribution in [2.24, 2.45) is 0 Å². The second-order valence-corrected chi connectivity index (χ2v) is 4.74. The standard InChI is InChI=1S/C16H15ClO2/c1-11-5-3-4-6-14(11)15-8-7-12(16(17)18)9-13(15)10-19-2/h3-9H,10H2,1-2H3. The first-order valence-corrected chi connectivity index (χ1v) is 6.39. The number of hydrogen-bond acceptors (Lipinski definition) is 2. The van der Waals surface area contributed by atoms with Crippen molar-refractivity contribution in [3.63, 3.8) is 0 Å². The average molecular weight is 275 g/mol. The van der Waals surface area contributed by atoms with Gasteiger partial charge in [0.2, 0.25) is 0 Å². The first-order chi connectivity index (χ1) is 9.13. The average Bonchev–Trinajstić information content (AvgIpc) is 2.40. The molecule has 0 aromatic heterocycles. The van der Waals surface area contributed by atoms with Crippen LogP contribution in [-0.4, -0.2) is 12.4 Å². The normalized spacial score (nSPS) is 10.5. The van der Waals surface area contributed by atoms with E-state index in [9.17, 15) is 4.79 Å². The highest BCUT2D eigenvalue weighted by atomic mass is 35.5. The van der Waals surface area contributed by atoms with Gasteiger partial charge in [0, 0.05) is 12.7 Å². The van der Waals surface area contributed by atoms with Gasteiger partial charge in [-0.05, 0) is 52.9 Å². The van der Waals surface area contributed by atoms with E-state index in [-0.39, 0.29) is 0 Å². The van der Waals surface area contributed by atoms with Crippen LogP contribution in [0.4, 0.5) is 0 Å². The number of methoxy groups -OCH3 is 1. The molecule has 0 saturated heterocycles. The molecule has 0 aliphatic rings. The number of rotatable bonds is 4. The van der Waals surface area contributed by atoms with Gasteiger partial charge >= 0.3 is 0 Å². The fourth-order valence-electron chi connectivity index (χ4n) is 2.13. The number of aryl methyl sites for hydroxylation is 1. The van der Waals surface area contributed by atoms with Crippen molar-refractivity contribution in [1.82, 2.24) is 0 Å². The second kappa shape index (κ2) is 6.00. The molecule has 0 radical (unpaired) electrons. The summed E-state index contributed by atoms with van der Waals surface area (Å²) in [4.78, 5) is 11.2. The minimum atomic E-state index is -0.450. The summed E-state index contributed by atoms with van der Waals surface area (Å²) in [5.41, 5.74) is 4.85. The summed E-state index contributed by atoms with van der Waals surface area (Å²) >= 11 is 5.53. The Morgan fingerprint density at radius 1 is 1.16 bits per heavy atom. The summed E-state index contributed by atoms with van der Waals surface area (Å²) < 4.78 is 5.21. The fourth-order valence-corrected chi connectivity index (χ4v) is 2.25. The number of benzene rings is 2. The summed E-state index contributed by atoms with van der Waals surface area (Å²) in [6.45, 7) is 2.51. The Bertz CT molecular complexity index is 605. The molecule has 0 saturated carbocycles. The van der Waals surface area contributed by atoms with Gasteiger partial charge in [0.15, 0.2) is 0 Å². The van der Waals surface area contributed by atoms with E-state index in [1.54, 1.807) is 19.2 Å². The summed E-state index contributed by atoms with van der Waals surface area (Å²) in [6, 6.07) is 13.6. The van der Waals surface area contributed by atoms with Gasteiger partial charge in [-0.2, -0.15) is 0 Å². The van der Waals surface area contributed by atoms with Gasteiger partial charge in [0.1, 0.15) is 0 Å². The predicted molar refractivity (Wildman–Crippen MR) is 77.5 cm³/mol. The molecule has 0 aliphatic carbocycles. The van der Waals surface area contributed by atoms with Gasteiger partial charge in [-0.25, -0.2) is 0 Å². The smallest absolute Gasteiger partial charge is 0.252 e. The van der Waals surface area contributed by atoms with Crippen molar-refractivity contribution in [1.29, 1.82) is 0 Å². The van der Waals surface area contributed by atoms with Gasteiger partial charge in [-0.1, -0.05) is 30.3 Å². The van der Waals surface area contributed by atoms with Crippen LogP contribution in [-0.2, 0) is 11.3 Å². The Balaban J connectivity index is 2.57. The maximum atomic E-state index is 11.2. The molecule has 0 heterocycles. The Labute approximate surface area is 118 Å². The molecule has 2 nitrogen and oxygen atoms in total. The first kappa shape index (κ1) is 13.8. The minimum absolute atomic E-state index is 0.446. The van der Waals surface area contributed by atoms with E-state index < -0.39 is 5.24 Å². The summed E-state index contributed by atoms with van der Waals surface area (Å²) in [7, 11) is 1.64. The molecular weight excluding hydrogens is 260 g/mol. The molecule has 3 heteroatoms. The highest BCUT2D eigenvalue weighted by Gasteiger charge is 2.10. The summed E-state index contributed by atoms with van der Waals surface area (Å²) in [6.07, 6.45) is 0. The molecule has 0 amide bonds. The zero-order valence-corrected chi connectivity index (χ0v) is 11.7. The molecule has 0 bridgehead atoms. The van der Waals surface area contributed by atoms with Crippen LogP contribution in [0.25, 0.3) is 11.1 Å². The minimum Gasteiger partial charge on any atom is -0.380 e. The molecular formula is C16H15ClO2. The van der Waals surface area contributed by atoms with Gasteiger partial charge < -0.3 is 4.74 Å². The topological polar surface area (TPSA) is 26.3 Å². The van der Waals surface area contributed by atoms with Crippen LogP contribution in [0, 0.1) is 6.92 Å². The van der Waals surface area contributed by atoms with Crippen molar-refractivity contribution in [2.75, 3.05) is 7.11 Å². The van der Waals surface area contributed by atoms with E-state index in [0.29, 0.717) is 12.2 Å². The van der Waals surface area contributed by atoms with E-state index in [4.69, 9.17) is 16.3 Å². The van der Waals surface area contributed by atoms with Crippen LogP contribution in [0.3, 0.4) is 0 Å². The zero-order valence-electron chi connectivity index (χ0n) is 10.9. The van der Waals surface area contributed by atoms with E-state index in [2.05, 4.69) is 19.1 Å². The SMILES string of the molecule is COCc1cc(C(=O)Cl)ccc1-c1ccccc1C. The number of hydrogen-bond donors (Lipinski definition) is 0. The van der Waals surface area contributed by atoms with Gasteiger partial charge in [0.25, 0.3) is 5.24 Å². The summed E-state index contributed by atoms with van der Waals surface area (Å²) in [5.74, 6) is 0. The lowest BCUT2D eigenvalue weighted by atomic mass is 9.95. The number of ether oxygens (including phenoxy) is 1. The maximum absolute atomic E-state index is 11.2. The van der Waals surface area contributed by atoms with E-state index in [1.165, 1.54) is 5.56 Å². The lowest BCUT2D eigenvalue weighted by Crippen LogP contribution is -1.97. The van der Waals surface area contributed by atoms with E-state index in [1.807, 2.05) is 18.2 Å². The largest absolute Gasteiger partial charge is 0.380 e. The molecule has 19 heavy (non-hydrogen) atoms. The molecule has 2 rings (SSSR count). The second-order valence-electron chi connectivity index (χ2n) is 4.39. The van der Waals surface area contributed by atoms with Crippen LogP contribution in [0.5, 0.6) is 0 Å². The van der Waals surface area contributed by atoms with Gasteiger partial charge in [0.05, 0.1) is 6.61 Å². The van der Waals surface area contributed by atoms with Crippen LogP contribution in [0.15, 0.2) is 42.5 Å². The molecule has 2 aromatic carbocycles. The summed E-state index contributed by atoms with van der Waals surface area (Å²) in [5, 5.41) is -0.450. The highest BCUT2D eigenvalue weighted by molar-refractivity contribution is 6.67. The molecule has 2 aromatic rings. The Morgan fingerprint density at radius 3 is 2.53 bits per heavy atom. The van der Waals surface area contributed by atoms with Crippen molar-refractivity contribution in [3.05, 3.63) is 59.2 Å². The van der Waals surface area contributed by atoms with Crippen molar-refractivity contribution < 1.29 is 9.53 Å². The van der Waals surface area contributed by atoms with Crippen LogP contribution >= 0.6 is 11.6 Å². The third kappa shape index (κ3) is 3.03. The first-order valence-electron chi connectivity index (χ1n) is 6.01. The molecule has 0 fully saturated rings. The maximum Gasteiger partial charge on any atom is 0.252 e. The quantitative estimate of drug-likeness (QED) is 0.782. The number of halogens is 1. The predicted octanol–water partition coefficient (Wildman–Crippen LogP) is 4.19. The van der Waals surface area contributed by atoms with Crippen LogP contribution in [0.2, 0.25) is 0 Å². The van der Waals surface area contributed by atoms with E-state index >= 15 is 0 Å². The van der Waals surface area contributed by atoms with Crippen LogP contribution in [0.1, 0.15) is 21.5 Å². The Morgan fingerprint density at radius 2 is 1.89 bits per heavy atom. The molecule has 0 spiro atoms. The van der Waals surface area contributed by atoms with Crippen molar-refractivity contribution >= 4 is 16.8 Å². The van der Waals surface area contributed by atoms with E-state index in [0.717, 1.165) is 16.7 Å². The zero-order chi connectivity index (χ0) is 13.8. The number of carbonyl (C=O) groups is 1. The molecule has 98 valence electrons. The number of carbonyl (C=O) groups excluding carboxylic acids is 1. The Hall–Kier alpha value is -1.64. The molecule has 0 unspecified atom stereocenters. The highest BCUT2D eigenvalue weighted by Crippen LogP contribution is 2.28. The fraction of sp³-hybridized carbons (Fsp3) is 0.188.